The zero-order chi connectivity index (χ0) is 35.9. The van der Waals surface area contributed by atoms with Gasteiger partial charge in [-0.15, -0.1) is 10.2 Å². The van der Waals surface area contributed by atoms with Crippen molar-refractivity contribution in [2.24, 2.45) is 20.4 Å². The predicted octanol–water partition coefficient (Wildman–Crippen LogP) is 2.45. The summed E-state index contributed by atoms with van der Waals surface area (Å²) >= 11 is 10.9. The molecule has 0 fully saturated rings. The molecule has 0 unspecified atom stereocenters. The summed E-state index contributed by atoms with van der Waals surface area (Å²) < 4.78 is 6.49. The van der Waals surface area contributed by atoms with Crippen molar-refractivity contribution in [1.82, 2.24) is 10.6 Å². The standard InChI is InChI=1S/C40H42N7OPS2.BrH.Cu/c1-41-39(50)45-43-38(32-24-26-33(27-25-32)47(2)3)37(31-16-8-4-9-17-31)44-46-40(51)42-28-29-48-30-49(34-18-10-5-11-19-34,35-20-12-6-13-21-35)36-22-14-7-15-23-36;;/h4-27H,28-30H2,1-3H3,(H3-,41,42,43,44,45,46,50,51);1H;/q;;+2/p-2. The van der Waals surface area contributed by atoms with Gasteiger partial charge in [0.2, 0.25) is 0 Å². The molecule has 0 spiro atoms. The smallest absolute Gasteiger partial charge is 1.00 e. The van der Waals surface area contributed by atoms with Crippen LogP contribution in [-0.2, 0) is 47.1 Å². The molecule has 277 valence electrons. The van der Waals surface area contributed by atoms with E-state index in [2.05, 4.69) is 122 Å². The first-order chi connectivity index (χ1) is 24.9. The normalized spacial score (nSPS) is 12.3. The topological polar surface area (TPSA) is 86.0 Å². The summed E-state index contributed by atoms with van der Waals surface area (Å²) in [5.74, 6) is 0. The molecule has 53 heavy (non-hydrogen) atoms. The molecule has 0 amide bonds. The molecule has 2 N–H and O–H groups in total. The summed E-state index contributed by atoms with van der Waals surface area (Å²) in [5, 5.41) is 28.1. The molecule has 5 aromatic rings. The van der Waals surface area contributed by atoms with Gasteiger partial charge in [0, 0.05) is 44.5 Å². The minimum atomic E-state index is -2.11. The van der Waals surface area contributed by atoms with Crippen LogP contribution in [0.2, 0.25) is 0 Å². The Bertz CT molecular complexity index is 1860. The first kappa shape index (κ1) is 43.4. The van der Waals surface area contributed by atoms with Crippen molar-refractivity contribution in [1.29, 1.82) is 0 Å². The van der Waals surface area contributed by atoms with Gasteiger partial charge >= 0.3 is 17.1 Å². The number of hydrogen-bond acceptors (Lipinski definition) is 8. The summed E-state index contributed by atoms with van der Waals surface area (Å²) in [4.78, 5) is 2.03. The van der Waals surface area contributed by atoms with E-state index in [1.54, 1.807) is 7.05 Å². The molecule has 13 heteroatoms. The Morgan fingerprint density at radius 2 is 1.02 bits per heavy atom. The quantitative estimate of drug-likeness (QED) is 0.0340. The fourth-order valence-electron chi connectivity index (χ4n) is 5.42. The number of hydrogen-bond donors (Lipinski definition) is 2. The van der Waals surface area contributed by atoms with E-state index < -0.39 is 7.26 Å². The number of rotatable bonds is 14. The van der Waals surface area contributed by atoms with Crippen LogP contribution in [0.25, 0.3) is 0 Å². The van der Waals surface area contributed by atoms with Gasteiger partial charge in [-0.3, -0.25) is 0 Å². The number of benzene rings is 5. The van der Waals surface area contributed by atoms with Crippen LogP contribution in [0.4, 0.5) is 5.69 Å². The molecule has 0 heterocycles. The minimum Gasteiger partial charge on any atom is -1.00 e. The summed E-state index contributed by atoms with van der Waals surface area (Å²) in [6.07, 6.45) is 0.539. The average Bonchev–Trinajstić information content (AvgIpc) is 3.19. The van der Waals surface area contributed by atoms with Gasteiger partial charge < -0.3 is 62.5 Å². The van der Waals surface area contributed by atoms with E-state index in [1.165, 1.54) is 15.9 Å². The molecule has 0 aliphatic rings. The molecular formula is C40H41BrCuN7OPS2. The van der Waals surface area contributed by atoms with Crippen molar-refractivity contribution in [2.75, 3.05) is 45.5 Å². The van der Waals surface area contributed by atoms with Crippen molar-refractivity contribution >= 4 is 75.9 Å². The van der Waals surface area contributed by atoms with Crippen molar-refractivity contribution < 1.29 is 38.8 Å². The molecule has 0 aliphatic carbocycles. The number of ether oxygens (including phenoxy) is 1. The maximum atomic E-state index is 6.49. The van der Waals surface area contributed by atoms with Gasteiger partial charge in [-0.25, -0.2) is 0 Å². The Balaban J connectivity index is 0.00000378. The third-order valence-electron chi connectivity index (χ3n) is 8.02. The van der Waals surface area contributed by atoms with Gasteiger partial charge in [0.05, 0.1) is 6.61 Å². The van der Waals surface area contributed by atoms with Crippen molar-refractivity contribution in [2.45, 2.75) is 0 Å². The molecule has 0 saturated heterocycles. The van der Waals surface area contributed by atoms with Crippen LogP contribution in [0, 0.1) is 0 Å². The molecule has 5 rings (SSSR count). The fourth-order valence-corrected chi connectivity index (χ4v) is 9.39. The van der Waals surface area contributed by atoms with Gasteiger partial charge in [-0.1, -0.05) is 97.1 Å². The number of amidine groups is 2. The van der Waals surface area contributed by atoms with E-state index in [4.69, 9.17) is 30.0 Å². The van der Waals surface area contributed by atoms with Gasteiger partial charge in [0.1, 0.15) is 34.6 Å². The molecular weight excluding hydrogens is 833 g/mol. The zero-order valence-electron chi connectivity index (χ0n) is 29.6. The Morgan fingerprint density at radius 1 is 0.604 bits per heavy atom. The number of nitrogens with zero attached hydrogens (tertiary/aromatic N) is 5. The van der Waals surface area contributed by atoms with Crippen molar-refractivity contribution in [3.63, 3.8) is 0 Å². The molecule has 1 radical (unpaired) electrons. The predicted molar refractivity (Wildman–Crippen MR) is 223 cm³/mol. The Morgan fingerprint density at radius 3 is 1.45 bits per heavy atom. The third kappa shape index (κ3) is 11.7. The second-order valence-electron chi connectivity index (χ2n) is 11.5. The van der Waals surface area contributed by atoms with E-state index >= 15 is 0 Å². The molecule has 0 saturated carbocycles. The molecule has 8 nitrogen and oxygen atoms in total. The van der Waals surface area contributed by atoms with Gasteiger partial charge in [0.15, 0.2) is 6.35 Å². The van der Waals surface area contributed by atoms with E-state index in [9.17, 15) is 0 Å². The average molecular weight is 874 g/mol. The molecule has 0 atom stereocenters. The van der Waals surface area contributed by atoms with Gasteiger partial charge in [0.25, 0.3) is 0 Å². The van der Waals surface area contributed by atoms with Crippen LogP contribution < -0.4 is 48.4 Å². The molecule has 5 aromatic carbocycles. The zero-order valence-corrected chi connectivity index (χ0v) is 34.6. The monoisotopic (exact) mass is 872 g/mol. The Labute approximate surface area is 345 Å². The van der Waals surface area contributed by atoms with Crippen LogP contribution in [0.1, 0.15) is 11.1 Å². The van der Waals surface area contributed by atoms with E-state index in [0.717, 1.165) is 16.8 Å². The Kier molecular flexibility index (Phi) is 18.2. The maximum Gasteiger partial charge on any atom is 2.00 e. The molecule has 0 aliphatic heterocycles. The van der Waals surface area contributed by atoms with E-state index in [-0.39, 0.29) is 44.4 Å². The third-order valence-corrected chi connectivity index (χ3v) is 12.6. The number of nitrogens with one attached hydrogen (secondary N) is 2. The van der Waals surface area contributed by atoms with E-state index in [0.29, 0.717) is 30.9 Å². The van der Waals surface area contributed by atoms with Crippen LogP contribution >= 0.6 is 7.26 Å². The first-order valence-corrected chi connectivity index (χ1v) is 19.2. The Hall–Kier alpha value is -3.99. The summed E-state index contributed by atoms with van der Waals surface area (Å²) in [6, 6.07) is 49.7. The fraction of sp³-hybridized carbons (Fsp3) is 0.150. The van der Waals surface area contributed by atoms with Crippen molar-refractivity contribution in [3.8, 4) is 0 Å². The summed E-state index contributed by atoms with van der Waals surface area (Å²) in [6.45, 7) is 0.875. The molecule has 0 aromatic heterocycles. The van der Waals surface area contributed by atoms with Crippen molar-refractivity contribution in [3.05, 3.63) is 157 Å². The van der Waals surface area contributed by atoms with Crippen LogP contribution in [0.3, 0.4) is 0 Å². The summed E-state index contributed by atoms with van der Waals surface area (Å²) in [5.41, 5.74) is 3.65. The number of halogens is 1. The second kappa shape index (κ2) is 22.3. The van der Waals surface area contributed by atoms with Gasteiger partial charge in [-0.05, 0) is 58.9 Å². The van der Waals surface area contributed by atoms with Gasteiger partial charge in [-0.2, -0.15) is 10.2 Å². The minimum absolute atomic E-state index is 0. The molecule has 0 bridgehead atoms. The second-order valence-corrected chi connectivity index (χ2v) is 15.7. The largest absolute Gasteiger partial charge is 2.00 e. The number of anilines is 1. The van der Waals surface area contributed by atoms with Crippen LogP contribution in [0.5, 0.6) is 0 Å². The SMILES string of the molecule is CNC([S-])=NN=C(C(=NN=C([S-])NCCOC[P+](c1ccccc1)(c1ccccc1)c1ccccc1)c1ccccc1)c1ccc(N(C)C)cc1.[Br-].[Cu+2]. The van der Waals surface area contributed by atoms with Crippen LogP contribution in [-0.4, -0.2) is 62.4 Å². The van der Waals surface area contributed by atoms with Crippen LogP contribution in [0.15, 0.2) is 166 Å². The maximum absolute atomic E-state index is 6.49. The summed E-state index contributed by atoms with van der Waals surface area (Å²) in [7, 11) is 3.58. The van der Waals surface area contributed by atoms with E-state index in [1.807, 2.05) is 73.6 Å². The first-order valence-electron chi connectivity index (χ1n) is 16.5.